The van der Waals surface area contributed by atoms with Gasteiger partial charge in [0.15, 0.2) is 5.82 Å². The fourth-order valence-electron chi connectivity index (χ4n) is 4.30. The van der Waals surface area contributed by atoms with Crippen LogP contribution in [0.25, 0.3) is 22.2 Å². The molecule has 5 nitrogen and oxygen atoms in total. The van der Waals surface area contributed by atoms with Crippen molar-refractivity contribution in [2.45, 2.75) is 13.8 Å². The highest BCUT2D eigenvalue weighted by molar-refractivity contribution is 5.98. The van der Waals surface area contributed by atoms with Crippen molar-refractivity contribution in [3.05, 3.63) is 89.4 Å². The number of aryl methyl sites for hydroxylation is 1. The number of nitrogens with zero attached hydrogens (tertiary/aromatic N) is 4. The van der Waals surface area contributed by atoms with Crippen LogP contribution in [0.5, 0.6) is 0 Å². The first kappa shape index (κ1) is 21.1. The smallest absolute Gasteiger partial charge is 0.253 e. The number of piperazine rings is 1. The van der Waals surface area contributed by atoms with E-state index in [-0.39, 0.29) is 11.7 Å². The summed E-state index contributed by atoms with van der Waals surface area (Å²) in [6, 6.07) is 20.3. The Morgan fingerprint density at radius 1 is 0.848 bits per heavy atom. The third-order valence-electron chi connectivity index (χ3n) is 6.31. The van der Waals surface area contributed by atoms with Gasteiger partial charge >= 0.3 is 0 Å². The molecular formula is C27H25FN4O. The van der Waals surface area contributed by atoms with Crippen LogP contribution in [0.15, 0.2) is 66.7 Å². The van der Waals surface area contributed by atoms with Gasteiger partial charge in [0.1, 0.15) is 11.6 Å². The molecule has 1 aliphatic heterocycles. The average molecular weight is 441 g/mol. The average Bonchev–Trinajstić information content (AvgIpc) is 2.85. The zero-order valence-corrected chi connectivity index (χ0v) is 18.8. The minimum Gasteiger partial charge on any atom is -0.353 e. The van der Waals surface area contributed by atoms with Crippen molar-refractivity contribution in [2.24, 2.45) is 0 Å². The zero-order valence-electron chi connectivity index (χ0n) is 18.8. The number of fused-ring (bicyclic) bond motifs is 1. The highest BCUT2D eigenvalue weighted by Gasteiger charge is 2.25. The molecule has 6 heteroatoms. The van der Waals surface area contributed by atoms with Crippen LogP contribution in [0, 0.1) is 19.7 Å². The van der Waals surface area contributed by atoms with Gasteiger partial charge in [0, 0.05) is 48.6 Å². The van der Waals surface area contributed by atoms with Gasteiger partial charge in [-0.25, -0.2) is 14.4 Å². The number of hydrogen-bond donors (Lipinski definition) is 0. The van der Waals surface area contributed by atoms with Gasteiger partial charge in [-0.15, -0.1) is 0 Å². The molecule has 1 aliphatic rings. The molecule has 33 heavy (non-hydrogen) atoms. The van der Waals surface area contributed by atoms with Crippen LogP contribution < -0.4 is 4.90 Å². The highest BCUT2D eigenvalue weighted by atomic mass is 19.1. The zero-order chi connectivity index (χ0) is 22.9. The van der Waals surface area contributed by atoms with Gasteiger partial charge in [-0.2, -0.15) is 0 Å². The molecule has 3 aromatic carbocycles. The SMILES string of the molecule is Cc1nc(-c2cccc(F)c2)nc(N2CCN(C(=O)c3ccc4ccccc4c3)CC2)c1C. The van der Waals surface area contributed by atoms with Crippen LogP contribution in [-0.4, -0.2) is 47.0 Å². The predicted octanol–water partition coefficient (Wildman–Crippen LogP) is 5.02. The molecule has 2 heterocycles. The maximum absolute atomic E-state index is 13.7. The summed E-state index contributed by atoms with van der Waals surface area (Å²) in [7, 11) is 0. The maximum Gasteiger partial charge on any atom is 0.253 e. The van der Waals surface area contributed by atoms with E-state index in [1.54, 1.807) is 6.07 Å². The van der Waals surface area contributed by atoms with E-state index in [1.165, 1.54) is 12.1 Å². The summed E-state index contributed by atoms with van der Waals surface area (Å²) < 4.78 is 13.7. The predicted molar refractivity (Wildman–Crippen MR) is 129 cm³/mol. The number of benzene rings is 3. The minimum absolute atomic E-state index is 0.0523. The molecule has 0 radical (unpaired) electrons. The van der Waals surface area contributed by atoms with Crippen molar-refractivity contribution in [1.29, 1.82) is 0 Å². The van der Waals surface area contributed by atoms with Crippen molar-refractivity contribution in [2.75, 3.05) is 31.1 Å². The summed E-state index contributed by atoms with van der Waals surface area (Å²) in [6.07, 6.45) is 0. The number of carbonyl (C=O) groups is 1. The van der Waals surface area contributed by atoms with Crippen LogP contribution in [0.3, 0.4) is 0 Å². The van der Waals surface area contributed by atoms with E-state index >= 15 is 0 Å². The molecule has 0 atom stereocenters. The molecule has 0 unspecified atom stereocenters. The Morgan fingerprint density at radius 3 is 2.36 bits per heavy atom. The van der Waals surface area contributed by atoms with Crippen LogP contribution in [0.1, 0.15) is 21.6 Å². The lowest BCUT2D eigenvalue weighted by atomic mass is 10.1. The topological polar surface area (TPSA) is 49.3 Å². The van der Waals surface area contributed by atoms with Gasteiger partial charge in [-0.3, -0.25) is 4.79 Å². The molecule has 0 aliphatic carbocycles. The molecule has 0 saturated carbocycles. The first-order valence-electron chi connectivity index (χ1n) is 11.1. The largest absolute Gasteiger partial charge is 0.353 e. The number of amides is 1. The Labute approximate surface area is 192 Å². The molecule has 1 amide bonds. The third-order valence-corrected chi connectivity index (χ3v) is 6.31. The first-order valence-corrected chi connectivity index (χ1v) is 11.1. The van der Waals surface area contributed by atoms with Gasteiger partial charge < -0.3 is 9.80 Å². The third kappa shape index (κ3) is 4.16. The number of rotatable bonds is 3. The standard InChI is InChI=1S/C27H25FN4O/c1-18-19(2)29-25(22-8-5-9-24(28)17-22)30-26(18)31-12-14-32(15-13-31)27(33)23-11-10-20-6-3-4-7-21(20)16-23/h3-11,16-17H,12-15H2,1-2H3. The normalized spacial score (nSPS) is 14.0. The van der Waals surface area contributed by atoms with Gasteiger partial charge in [-0.1, -0.05) is 42.5 Å². The second kappa shape index (κ2) is 8.62. The van der Waals surface area contributed by atoms with Crippen molar-refractivity contribution in [1.82, 2.24) is 14.9 Å². The second-order valence-corrected chi connectivity index (χ2v) is 8.43. The summed E-state index contributed by atoms with van der Waals surface area (Å²) in [6.45, 7) is 6.54. The second-order valence-electron chi connectivity index (χ2n) is 8.43. The molecule has 166 valence electrons. The molecule has 4 aromatic rings. The van der Waals surface area contributed by atoms with Gasteiger partial charge in [-0.05, 0) is 48.9 Å². The number of anilines is 1. The van der Waals surface area contributed by atoms with Crippen molar-refractivity contribution in [3.63, 3.8) is 0 Å². The maximum atomic E-state index is 13.7. The van der Waals surface area contributed by atoms with Crippen LogP contribution in [0.4, 0.5) is 10.2 Å². The van der Waals surface area contributed by atoms with E-state index in [9.17, 15) is 9.18 Å². The molecular weight excluding hydrogens is 415 g/mol. The van der Waals surface area contributed by atoms with Gasteiger partial charge in [0.25, 0.3) is 5.91 Å². The minimum atomic E-state index is -0.309. The van der Waals surface area contributed by atoms with Crippen LogP contribution in [0.2, 0.25) is 0 Å². The quantitative estimate of drug-likeness (QED) is 0.449. The summed E-state index contributed by atoms with van der Waals surface area (Å²) in [5, 5.41) is 2.20. The van der Waals surface area contributed by atoms with E-state index < -0.39 is 0 Å². The molecule has 5 rings (SSSR count). The molecule has 0 spiro atoms. The fourth-order valence-corrected chi connectivity index (χ4v) is 4.30. The van der Waals surface area contributed by atoms with Gasteiger partial charge in [0.05, 0.1) is 0 Å². The molecule has 0 bridgehead atoms. The summed E-state index contributed by atoms with van der Waals surface area (Å²) in [4.78, 5) is 26.6. The van der Waals surface area contributed by atoms with Crippen LogP contribution >= 0.6 is 0 Å². The van der Waals surface area contributed by atoms with E-state index in [2.05, 4.69) is 9.88 Å². The highest BCUT2D eigenvalue weighted by Crippen LogP contribution is 2.26. The van der Waals surface area contributed by atoms with E-state index in [0.29, 0.717) is 43.1 Å². The Balaban J connectivity index is 1.34. The van der Waals surface area contributed by atoms with Crippen molar-refractivity contribution >= 4 is 22.5 Å². The van der Waals surface area contributed by atoms with Crippen molar-refractivity contribution in [3.8, 4) is 11.4 Å². The number of carbonyl (C=O) groups excluding carboxylic acids is 1. The first-order chi connectivity index (χ1) is 16.0. The lowest BCUT2D eigenvalue weighted by Gasteiger charge is -2.36. The summed E-state index contributed by atoms with van der Waals surface area (Å²) >= 11 is 0. The fraction of sp³-hybridized carbons (Fsp3) is 0.222. The molecule has 1 saturated heterocycles. The number of halogens is 1. The lowest BCUT2D eigenvalue weighted by molar-refractivity contribution is 0.0746. The van der Waals surface area contributed by atoms with Crippen LogP contribution in [-0.2, 0) is 0 Å². The van der Waals surface area contributed by atoms with E-state index in [0.717, 1.165) is 27.8 Å². The van der Waals surface area contributed by atoms with Gasteiger partial charge in [0.2, 0.25) is 0 Å². The Kier molecular flexibility index (Phi) is 5.50. The van der Waals surface area contributed by atoms with E-state index in [1.807, 2.05) is 67.3 Å². The Bertz CT molecular complexity index is 1350. The number of hydrogen-bond acceptors (Lipinski definition) is 4. The van der Waals surface area contributed by atoms with E-state index in [4.69, 9.17) is 4.98 Å². The monoisotopic (exact) mass is 440 g/mol. The summed E-state index contributed by atoms with van der Waals surface area (Å²) in [5.41, 5.74) is 3.24. The number of aromatic nitrogens is 2. The van der Waals surface area contributed by atoms with Crippen molar-refractivity contribution < 1.29 is 9.18 Å². The Hall–Kier alpha value is -3.80. The molecule has 1 aromatic heterocycles. The molecule has 1 fully saturated rings. The Morgan fingerprint density at radius 2 is 1.61 bits per heavy atom. The lowest BCUT2D eigenvalue weighted by Crippen LogP contribution is -2.49. The summed E-state index contributed by atoms with van der Waals surface area (Å²) in [5.74, 6) is 1.11. The molecule has 0 N–H and O–H groups in total.